The molecule has 0 aromatic carbocycles. The fourth-order valence-corrected chi connectivity index (χ4v) is 1.37. The molecule has 3 nitrogen and oxygen atoms in total. The smallest absolute Gasteiger partial charge is 0.0590 e. The molecule has 78 valence electrons. The number of halogens is 1. The third-order valence-electron chi connectivity index (χ3n) is 2.16. The lowest BCUT2D eigenvalue weighted by molar-refractivity contribution is 0.511. The summed E-state index contributed by atoms with van der Waals surface area (Å²) >= 11 is 3.42. The van der Waals surface area contributed by atoms with Gasteiger partial charge < -0.3 is 11.1 Å². The van der Waals surface area contributed by atoms with Crippen LogP contribution in [0.3, 0.4) is 0 Å². The second kappa shape index (κ2) is 5.32. The summed E-state index contributed by atoms with van der Waals surface area (Å²) in [5, 5.41) is 3.28. The highest BCUT2D eigenvalue weighted by Crippen LogP contribution is 2.19. The van der Waals surface area contributed by atoms with E-state index in [2.05, 4.69) is 40.1 Å². The molecule has 1 unspecified atom stereocenters. The van der Waals surface area contributed by atoms with Crippen molar-refractivity contribution in [1.82, 2.24) is 4.98 Å². The van der Waals surface area contributed by atoms with Gasteiger partial charge in [0.1, 0.15) is 0 Å². The van der Waals surface area contributed by atoms with Crippen molar-refractivity contribution < 1.29 is 0 Å². The Hall–Kier alpha value is -0.610. The Bertz CT molecular complexity index is 288. The minimum Gasteiger partial charge on any atom is -0.382 e. The molecule has 1 heterocycles. The Balaban J connectivity index is 2.50. The summed E-state index contributed by atoms with van der Waals surface area (Å²) in [6, 6.07) is 2.10. The quantitative estimate of drug-likeness (QED) is 0.870. The van der Waals surface area contributed by atoms with Crippen LogP contribution in [0.5, 0.6) is 0 Å². The van der Waals surface area contributed by atoms with E-state index in [4.69, 9.17) is 5.73 Å². The lowest BCUT2D eigenvalue weighted by Crippen LogP contribution is -2.34. The summed E-state index contributed by atoms with van der Waals surface area (Å²) < 4.78 is 0.968. The van der Waals surface area contributed by atoms with Crippen LogP contribution in [0.15, 0.2) is 22.9 Å². The largest absolute Gasteiger partial charge is 0.382 e. The number of pyridine rings is 1. The van der Waals surface area contributed by atoms with Crippen LogP contribution in [0.4, 0.5) is 5.69 Å². The van der Waals surface area contributed by atoms with Gasteiger partial charge in [-0.3, -0.25) is 4.98 Å². The number of aromatic nitrogens is 1. The van der Waals surface area contributed by atoms with Crippen molar-refractivity contribution in [2.45, 2.75) is 19.9 Å². The summed E-state index contributed by atoms with van der Waals surface area (Å²) in [7, 11) is 0. The maximum Gasteiger partial charge on any atom is 0.0590 e. The maximum atomic E-state index is 5.92. The van der Waals surface area contributed by atoms with Crippen molar-refractivity contribution >= 4 is 21.6 Å². The van der Waals surface area contributed by atoms with E-state index in [1.165, 1.54) is 0 Å². The van der Waals surface area contributed by atoms with Crippen LogP contribution < -0.4 is 11.1 Å². The first-order chi connectivity index (χ1) is 6.61. The molecule has 0 spiro atoms. The van der Waals surface area contributed by atoms with Crippen LogP contribution in [0.25, 0.3) is 0 Å². The van der Waals surface area contributed by atoms with Gasteiger partial charge >= 0.3 is 0 Å². The average Bonchev–Trinajstić information content (AvgIpc) is 2.16. The fourth-order valence-electron chi connectivity index (χ4n) is 0.982. The molecular weight excluding hydrogens is 242 g/mol. The molecule has 0 amide bonds. The van der Waals surface area contributed by atoms with E-state index in [0.717, 1.165) is 16.7 Å². The molecule has 3 N–H and O–H groups in total. The van der Waals surface area contributed by atoms with Gasteiger partial charge in [-0.05, 0) is 27.9 Å². The Labute approximate surface area is 93.2 Å². The Morgan fingerprint density at radius 2 is 2.29 bits per heavy atom. The third-order valence-corrected chi connectivity index (χ3v) is 2.79. The number of rotatable bonds is 4. The summed E-state index contributed by atoms with van der Waals surface area (Å²) in [5.74, 6) is 0.489. The van der Waals surface area contributed by atoms with E-state index in [9.17, 15) is 0 Å². The highest BCUT2D eigenvalue weighted by molar-refractivity contribution is 9.10. The van der Waals surface area contributed by atoms with Gasteiger partial charge in [0, 0.05) is 25.0 Å². The zero-order valence-electron chi connectivity index (χ0n) is 8.50. The third kappa shape index (κ3) is 3.27. The molecular formula is C10H16BrN3. The van der Waals surface area contributed by atoms with Crippen LogP contribution in [-0.4, -0.2) is 17.6 Å². The van der Waals surface area contributed by atoms with Gasteiger partial charge in [-0.2, -0.15) is 0 Å². The standard InChI is InChI=1S/C10H16BrN3/c1-7(2)9(12)6-14-10-3-4-13-5-8(10)11/h3-5,7,9H,6,12H2,1-2H3,(H,13,14). The van der Waals surface area contributed by atoms with E-state index < -0.39 is 0 Å². The maximum absolute atomic E-state index is 5.92. The van der Waals surface area contributed by atoms with Gasteiger partial charge in [-0.25, -0.2) is 0 Å². The summed E-state index contributed by atoms with van der Waals surface area (Å²) in [5.41, 5.74) is 6.96. The van der Waals surface area contributed by atoms with Crippen molar-refractivity contribution in [3.63, 3.8) is 0 Å². The number of nitrogens with zero attached hydrogens (tertiary/aromatic N) is 1. The average molecular weight is 258 g/mol. The van der Waals surface area contributed by atoms with Crippen molar-refractivity contribution in [2.75, 3.05) is 11.9 Å². The van der Waals surface area contributed by atoms with Crippen molar-refractivity contribution in [3.8, 4) is 0 Å². The Morgan fingerprint density at radius 3 is 2.86 bits per heavy atom. The zero-order chi connectivity index (χ0) is 10.6. The first-order valence-electron chi connectivity index (χ1n) is 4.70. The van der Waals surface area contributed by atoms with Crippen molar-refractivity contribution in [3.05, 3.63) is 22.9 Å². The molecule has 1 atom stereocenters. The molecule has 4 heteroatoms. The first kappa shape index (κ1) is 11.5. The molecule has 0 saturated heterocycles. The minimum absolute atomic E-state index is 0.176. The molecule has 0 fully saturated rings. The highest BCUT2D eigenvalue weighted by Gasteiger charge is 2.07. The molecule has 0 aliphatic rings. The molecule has 1 aromatic rings. The number of hydrogen-bond donors (Lipinski definition) is 2. The summed E-state index contributed by atoms with van der Waals surface area (Å²) in [4.78, 5) is 3.99. The number of nitrogens with two attached hydrogens (primary N) is 1. The monoisotopic (exact) mass is 257 g/mol. The van der Waals surface area contributed by atoms with E-state index in [-0.39, 0.29) is 6.04 Å². The summed E-state index contributed by atoms with van der Waals surface area (Å²) in [6.45, 7) is 5.02. The second-order valence-corrected chi connectivity index (χ2v) is 4.50. The van der Waals surface area contributed by atoms with Crippen LogP contribution in [0.2, 0.25) is 0 Å². The molecule has 1 aromatic heterocycles. The SMILES string of the molecule is CC(C)C(N)CNc1ccncc1Br. The Morgan fingerprint density at radius 1 is 1.57 bits per heavy atom. The van der Waals surface area contributed by atoms with Gasteiger partial charge in [-0.15, -0.1) is 0 Å². The molecule has 0 saturated carbocycles. The van der Waals surface area contributed by atoms with Gasteiger partial charge in [-0.1, -0.05) is 13.8 Å². The van der Waals surface area contributed by atoms with Crippen LogP contribution in [-0.2, 0) is 0 Å². The molecule has 0 aliphatic carbocycles. The lowest BCUT2D eigenvalue weighted by atomic mass is 10.1. The molecule has 0 radical (unpaired) electrons. The van der Waals surface area contributed by atoms with Crippen LogP contribution in [0, 0.1) is 5.92 Å². The zero-order valence-corrected chi connectivity index (χ0v) is 10.1. The van der Waals surface area contributed by atoms with Gasteiger partial charge in [0.15, 0.2) is 0 Å². The molecule has 14 heavy (non-hydrogen) atoms. The topological polar surface area (TPSA) is 50.9 Å². The number of hydrogen-bond acceptors (Lipinski definition) is 3. The Kier molecular flexibility index (Phi) is 4.35. The summed E-state index contributed by atoms with van der Waals surface area (Å²) in [6.07, 6.45) is 3.53. The van der Waals surface area contributed by atoms with Crippen LogP contribution >= 0.6 is 15.9 Å². The van der Waals surface area contributed by atoms with Gasteiger partial charge in [0.2, 0.25) is 0 Å². The molecule has 0 aliphatic heterocycles. The number of anilines is 1. The molecule has 1 rings (SSSR count). The van der Waals surface area contributed by atoms with Gasteiger partial charge in [0.05, 0.1) is 10.2 Å². The van der Waals surface area contributed by atoms with Gasteiger partial charge in [0.25, 0.3) is 0 Å². The van der Waals surface area contributed by atoms with Crippen LogP contribution in [0.1, 0.15) is 13.8 Å². The predicted molar refractivity (Wildman–Crippen MR) is 63.2 cm³/mol. The van der Waals surface area contributed by atoms with Crippen molar-refractivity contribution in [1.29, 1.82) is 0 Å². The second-order valence-electron chi connectivity index (χ2n) is 3.64. The fraction of sp³-hybridized carbons (Fsp3) is 0.500. The van der Waals surface area contributed by atoms with E-state index in [0.29, 0.717) is 5.92 Å². The van der Waals surface area contributed by atoms with E-state index in [1.54, 1.807) is 12.4 Å². The highest BCUT2D eigenvalue weighted by atomic mass is 79.9. The number of nitrogens with one attached hydrogen (secondary N) is 1. The lowest BCUT2D eigenvalue weighted by Gasteiger charge is -2.17. The molecule has 0 bridgehead atoms. The predicted octanol–water partition coefficient (Wildman–Crippen LogP) is 2.24. The normalized spacial score (nSPS) is 12.9. The van der Waals surface area contributed by atoms with Crippen molar-refractivity contribution in [2.24, 2.45) is 11.7 Å². The van der Waals surface area contributed by atoms with E-state index in [1.807, 2.05) is 6.07 Å². The first-order valence-corrected chi connectivity index (χ1v) is 5.49. The van der Waals surface area contributed by atoms with E-state index >= 15 is 0 Å². The minimum atomic E-state index is 0.176.